The van der Waals surface area contributed by atoms with E-state index in [9.17, 15) is 20.0 Å². The number of aliphatic carboxylic acids is 1. The van der Waals surface area contributed by atoms with Crippen molar-refractivity contribution in [3.8, 4) is 0 Å². The van der Waals surface area contributed by atoms with Crippen LogP contribution in [-0.2, 0) is 16.0 Å². The van der Waals surface area contributed by atoms with Crippen molar-refractivity contribution in [2.24, 2.45) is 5.41 Å². The molecule has 2 fully saturated rings. The van der Waals surface area contributed by atoms with E-state index < -0.39 is 16.3 Å². The molecule has 2 aliphatic rings. The van der Waals surface area contributed by atoms with Gasteiger partial charge in [-0.1, -0.05) is 22.0 Å². The molecule has 0 spiro atoms. The molecule has 0 aromatic heterocycles. The van der Waals surface area contributed by atoms with Crippen LogP contribution in [0.3, 0.4) is 0 Å². The highest BCUT2D eigenvalue weighted by molar-refractivity contribution is 9.10. The zero-order valence-electron chi connectivity index (χ0n) is 11.1. The van der Waals surface area contributed by atoms with Crippen LogP contribution in [0.2, 0.25) is 0 Å². The molecular formula is C14H14BrNO5. The number of carboxylic acid groups (broad SMARTS) is 1. The van der Waals surface area contributed by atoms with E-state index in [0.717, 1.165) is 18.4 Å². The Balaban J connectivity index is 1.91. The highest BCUT2D eigenvalue weighted by Crippen LogP contribution is 2.50. The number of nitrogens with zero attached hydrogens (tertiary/aromatic N) is 1. The highest BCUT2D eigenvalue weighted by atomic mass is 79.9. The van der Waals surface area contributed by atoms with Crippen molar-refractivity contribution in [1.29, 1.82) is 0 Å². The van der Waals surface area contributed by atoms with Gasteiger partial charge in [0, 0.05) is 16.6 Å². The quantitative estimate of drug-likeness (QED) is 0.662. The Morgan fingerprint density at radius 2 is 2.29 bits per heavy atom. The molecule has 6 nitrogen and oxygen atoms in total. The summed E-state index contributed by atoms with van der Waals surface area (Å²) in [5, 5.41) is 20.4. The van der Waals surface area contributed by atoms with Gasteiger partial charge in [0.05, 0.1) is 17.1 Å². The van der Waals surface area contributed by atoms with Crippen LogP contribution in [0.4, 0.5) is 5.69 Å². The molecule has 0 radical (unpaired) electrons. The van der Waals surface area contributed by atoms with Crippen LogP contribution >= 0.6 is 15.9 Å². The largest absolute Gasteiger partial charge is 0.481 e. The van der Waals surface area contributed by atoms with E-state index in [1.54, 1.807) is 6.07 Å². The fourth-order valence-electron chi connectivity index (χ4n) is 3.42. The first kappa shape index (κ1) is 14.5. The van der Waals surface area contributed by atoms with Gasteiger partial charge in [-0.3, -0.25) is 14.9 Å². The maximum atomic E-state index is 11.8. The van der Waals surface area contributed by atoms with Crippen molar-refractivity contribution in [1.82, 2.24) is 0 Å². The van der Waals surface area contributed by atoms with Crippen molar-refractivity contribution in [2.75, 3.05) is 0 Å². The van der Waals surface area contributed by atoms with Gasteiger partial charge in [0.15, 0.2) is 0 Å². The Bertz CT molecular complexity index is 619. The third-order valence-corrected chi connectivity index (χ3v) is 5.23. The number of non-ortho nitro benzene ring substituents is 1. The molecule has 2 bridgehead atoms. The van der Waals surface area contributed by atoms with Gasteiger partial charge in [0.1, 0.15) is 5.41 Å². The van der Waals surface area contributed by atoms with Gasteiger partial charge < -0.3 is 9.84 Å². The standard InChI is InChI=1S/C14H14BrNO5/c15-11-5-9(16(19)20)2-1-8(11)6-14(13(17)18)7-10-3-4-12(14)21-10/h1-2,5,10,12H,3-4,6-7H2,(H,17,18). The van der Waals surface area contributed by atoms with E-state index in [-0.39, 0.29) is 17.9 Å². The number of carboxylic acids is 1. The monoisotopic (exact) mass is 355 g/mol. The zero-order chi connectivity index (χ0) is 15.2. The molecule has 2 saturated heterocycles. The Kier molecular flexibility index (Phi) is 3.49. The van der Waals surface area contributed by atoms with Crippen molar-refractivity contribution in [3.63, 3.8) is 0 Å². The lowest BCUT2D eigenvalue weighted by molar-refractivity contribution is -0.384. The van der Waals surface area contributed by atoms with E-state index >= 15 is 0 Å². The molecule has 0 amide bonds. The average Bonchev–Trinajstić information content (AvgIpc) is 3.01. The second-order valence-corrected chi connectivity index (χ2v) is 6.55. The molecule has 21 heavy (non-hydrogen) atoms. The fraction of sp³-hybridized carbons (Fsp3) is 0.500. The molecule has 2 aliphatic heterocycles. The zero-order valence-corrected chi connectivity index (χ0v) is 12.7. The minimum atomic E-state index is -0.915. The van der Waals surface area contributed by atoms with E-state index in [1.807, 2.05) is 0 Å². The van der Waals surface area contributed by atoms with Crippen LogP contribution in [0.1, 0.15) is 24.8 Å². The molecule has 1 N–H and O–H groups in total. The maximum absolute atomic E-state index is 11.8. The fourth-order valence-corrected chi connectivity index (χ4v) is 3.93. The molecule has 3 unspecified atom stereocenters. The van der Waals surface area contributed by atoms with Gasteiger partial charge in [0.25, 0.3) is 5.69 Å². The van der Waals surface area contributed by atoms with Crippen molar-refractivity contribution >= 4 is 27.6 Å². The summed E-state index contributed by atoms with van der Waals surface area (Å²) >= 11 is 3.31. The molecule has 1 aromatic rings. The summed E-state index contributed by atoms with van der Waals surface area (Å²) < 4.78 is 6.29. The van der Waals surface area contributed by atoms with Gasteiger partial charge in [-0.25, -0.2) is 0 Å². The first-order valence-corrected chi connectivity index (χ1v) is 7.53. The normalized spacial score (nSPS) is 30.5. The van der Waals surface area contributed by atoms with Gasteiger partial charge in [-0.15, -0.1) is 0 Å². The molecule has 0 saturated carbocycles. The minimum absolute atomic E-state index is 0.0146. The summed E-state index contributed by atoms with van der Waals surface area (Å²) in [5.41, 5.74) is -0.167. The van der Waals surface area contributed by atoms with Crippen LogP contribution in [0.15, 0.2) is 22.7 Å². The number of nitro groups is 1. The van der Waals surface area contributed by atoms with E-state index in [2.05, 4.69) is 15.9 Å². The predicted octanol–water partition coefficient (Wildman–Crippen LogP) is 2.92. The molecule has 2 heterocycles. The molecule has 1 aromatic carbocycles. The van der Waals surface area contributed by atoms with E-state index in [0.29, 0.717) is 17.3 Å². The van der Waals surface area contributed by atoms with E-state index in [1.165, 1.54) is 12.1 Å². The molecule has 3 atom stereocenters. The Morgan fingerprint density at radius 3 is 2.76 bits per heavy atom. The Morgan fingerprint density at radius 1 is 1.52 bits per heavy atom. The summed E-state index contributed by atoms with van der Waals surface area (Å²) in [6.07, 6.45) is 2.28. The summed E-state index contributed by atoms with van der Waals surface area (Å²) in [7, 11) is 0. The predicted molar refractivity (Wildman–Crippen MR) is 77.1 cm³/mol. The van der Waals surface area contributed by atoms with Crippen LogP contribution < -0.4 is 0 Å². The first-order valence-electron chi connectivity index (χ1n) is 6.74. The summed E-state index contributed by atoms with van der Waals surface area (Å²) in [5.74, 6) is -0.847. The van der Waals surface area contributed by atoms with Crippen LogP contribution in [0.5, 0.6) is 0 Å². The second kappa shape index (κ2) is 5.06. The smallest absolute Gasteiger partial charge is 0.312 e. The van der Waals surface area contributed by atoms with Gasteiger partial charge in [-0.05, 0) is 31.2 Å². The minimum Gasteiger partial charge on any atom is -0.481 e. The SMILES string of the molecule is O=C(O)C1(Cc2ccc([N+](=O)[O-])cc2Br)CC2CCC1O2. The molecular weight excluding hydrogens is 342 g/mol. The topological polar surface area (TPSA) is 89.7 Å². The summed E-state index contributed by atoms with van der Waals surface area (Å²) in [6.45, 7) is 0. The number of benzene rings is 1. The third-order valence-electron chi connectivity index (χ3n) is 4.50. The van der Waals surface area contributed by atoms with Crippen LogP contribution in [-0.4, -0.2) is 28.2 Å². The molecule has 0 aliphatic carbocycles. The van der Waals surface area contributed by atoms with Crippen molar-refractivity contribution < 1.29 is 19.6 Å². The summed E-state index contributed by atoms with van der Waals surface area (Å²) in [4.78, 5) is 22.1. The van der Waals surface area contributed by atoms with Crippen molar-refractivity contribution in [3.05, 3.63) is 38.3 Å². The molecule has 3 rings (SSSR count). The van der Waals surface area contributed by atoms with Gasteiger partial charge in [0.2, 0.25) is 0 Å². The van der Waals surface area contributed by atoms with Crippen LogP contribution in [0.25, 0.3) is 0 Å². The molecule has 112 valence electrons. The first-order chi connectivity index (χ1) is 9.92. The average molecular weight is 356 g/mol. The lowest BCUT2D eigenvalue weighted by atomic mass is 9.70. The lowest BCUT2D eigenvalue weighted by Gasteiger charge is -2.31. The van der Waals surface area contributed by atoms with Crippen molar-refractivity contribution in [2.45, 2.75) is 37.9 Å². The van der Waals surface area contributed by atoms with Gasteiger partial charge >= 0.3 is 5.97 Å². The van der Waals surface area contributed by atoms with Gasteiger partial charge in [-0.2, -0.15) is 0 Å². The number of carbonyl (C=O) groups is 1. The third kappa shape index (κ3) is 2.34. The summed E-state index contributed by atoms with van der Waals surface area (Å²) in [6, 6.07) is 4.45. The van der Waals surface area contributed by atoms with Crippen LogP contribution in [0, 0.1) is 15.5 Å². The number of fused-ring (bicyclic) bond motifs is 2. The second-order valence-electron chi connectivity index (χ2n) is 5.70. The highest BCUT2D eigenvalue weighted by Gasteiger charge is 2.57. The number of rotatable bonds is 4. The number of hydrogen-bond acceptors (Lipinski definition) is 4. The number of ether oxygens (including phenoxy) is 1. The number of nitro benzene ring substituents is 1. The number of hydrogen-bond donors (Lipinski definition) is 1. The Hall–Kier alpha value is -1.47. The number of halogens is 1. The maximum Gasteiger partial charge on any atom is 0.312 e. The van der Waals surface area contributed by atoms with E-state index in [4.69, 9.17) is 4.74 Å². The lowest BCUT2D eigenvalue weighted by Crippen LogP contribution is -2.42. The molecule has 7 heteroatoms. The Labute approximate surface area is 129 Å².